The molecule has 0 spiro atoms. The zero-order chi connectivity index (χ0) is 28.1. The molecule has 0 aliphatic carbocycles. The minimum absolute atomic E-state index is 0.0181. The van der Waals surface area contributed by atoms with Crippen LogP contribution in [0, 0.1) is 17.6 Å². The van der Waals surface area contributed by atoms with E-state index in [1.54, 1.807) is 54.7 Å². The Hall–Kier alpha value is -3.84. The average Bonchev–Trinajstić information content (AvgIpc) is 2.95. The summed E-state index contributed by atoms with van der Waals surface area (Å²) >= 11 is -2.73. The topological polar surface area (TPSA) is 124 Å². The van der Waals surface area contributed by atoms with E-state index in [4.69, 9.17) is 4.74 Å². The molecule has 3 N–H and O–H groups in total. The molecule has 40 heavy (non-hydrogen) atoms. The molecule has 2 aromatic carbocycles. The van der Waals surface area contributed by atoms with Gasteiger partial charge in [-0.3, -0.25) is 4.21 Å². The van der Waals surface area contributed by atoms with Crippen LogP contribution in [0.1, 0.15) is 30.5 Å². The summed E-state index contributed by atoms with van der Waals surface area (Å²) in [7, 11) is 0. The van der Waals surface area contributed by atoms with Crippen LogP contribution in [0.2, 0.25) is 0 Å². The lowest BCUT2D eigenvalue weighted by atomic mass is 9.98. The van der Waals surface area contributed by atoms with Crippen molar-refractivity contribution in [2.75, 3.05) is 18.4 Å². The fourth-order valence-electron chi connectivity index (χ4n) is 4.70. The van der Waals surface area contributed by atoms with Crippen LogP contribution < -0.4 is 20.1 Å². The number of piperidine rings is 1. The van der Waals surface area contributed by atoms with Gasteiger partial charge in [0.1, 0.15) is 0 Å². The van der Waals surface area contributed by atoms with Gasteiger partial charge in [0, 0.05) is 41.8 Å². The first-order valence-electron chi connectivity index (χ1n) is 12.7. The van der Waals surface area contributed by atoms with Crippen molar-refractivity contribution in [2.24, 2.45) is 5.92 Å². The van der Waals surface area contributed by atoms with E-state index < -0.39 is 34.7 Å². The van der Waals surface area contributed by atoms with Crippen molar-refractivity contribution in [1.82, 2.24) is 25.0 Å². The molecule has 0 amide bonds. The molecule has 0 saturated carbocycles. The van der Waals surface area contributed by atoms with E-state index in [0.29, 0.717) is 28.7 Å². The predicted molar refractivity (Wildman–Crippen MR) is 146 cm³/mol. The van der Waals surface area contributed by atoms with Crippen LogP contribution in [0.3, 0.4) is 0 Å². The van der Waals surface area contributed by atoms with Crippen LogP contribution in [0.4, 0.5) is 14.7 Å². The van der Waals surface area contributed by atoms with Crippen molar-refractivity contribution < 1.29 is 22.3 Å². The Morgan fingerprint density at radius 1 is 1.02 bits per heavy atom. The van der Waals surface area contributed by atoms with E-state index in [1.807, 2.05) is 0 Å². The maximum absolute atomic E-state index is 15.3. The van der Waals surface area contributed by atoms with E-state index in [2.05, 4.69) is 37.2 Å². The molecule has 4 atom stereocenters. The van der Waals surface area contributed by atoms with E-state index in [9.17, 15) is 8.76 Å². The molecule has 12 heteroatoms. The normalized spacial score (nSPS) is 18.6. The molecule has 3 heterocycles. The standard InChI is InChI=1S/C28H28F2N6O3S/c1-17-14-19(16-31-15-17)34-28-33-13-11-22(35-28)20-8-5-12-32-27(20)39-23-10-9-21(24(29)25(23)30)26(36-40(37)38)18-6-3-2-4-7-18/h2-13,17,19,26,31,36H,14-16H2,1H3,(H,37,38)(H,33,34,35)/p-1/t17-,19+,26?/m1/s1. The first-order valence-corrected chi connectivity index (χ1v) is 13.8. The molecule has 1 fully saturated rings. The lowest BCUT2D eigenvalue weighted by molar-refractivity contribution is 0.377. The lowest BCUT2D eigenvalue weighted by Gasteiger charge is -2.28. The van der Waals surface area contributed by atoms with Crippen molar-refractivity contribution in [1.29, 1.82) is 0 Å². The second kappa shape index (κ2) is 12.6. The molecule has 0 radical (unpaired) electrons. The van der Waals surface area contributed by atoms with E-state index in [1.165, 1.54) is 18.3 Å². The number of nitrogens with zero attached hydrogens (tertiary/aromatic N) is 3. The van der Waals surface area contributed by atoms with Gasteiger partial charge in [-0.1, -0.05) is 43.3 Å². The van der Waals surface area contributed by atoms with Gasteiger partial charge < -0.3 is 19.9 Å². The summed E-state index contributed by atoms with van der Waals surface area (Å²) in [5.74, 6) is -1.96. The third-order valence-corrected chi connectivity index (χ3v) is 6.98. The zero-order valence-corrected chi connectivity index (χ0v) is 22.3. The summed E-state index contributed by atoms with van der Waals surface area (Å²) in [4.78, 5) is 13.1. The van der Waals surface area contributed by atoms with Crippen LogP contribution in [0.5, 0.6) is 11.6 Å². The van der Waals surface area contributed by atoms with Crippen molar-refractivity contribution in [3.8, 4) is 22.9 Å². The molecule has 1 aliphatic heterocycles. The quantitative estimate of drug-likeness (QED) is 0.254. The number of benzene rings is 2. The maximum Gasteiger partial charge on any atom is 0.228 e. The number of nitrogens with one attached hydrogen (secondary N) is 3. The highest BCUT2D eigenvalue weighted by Gasteiger charge is 2.24. The second-order valence-electron chi connectivity index (χ2n) is 9.54. The first-order chi connectivity index (χ1) is 19.4. The minimum Gasteiger partial charge on any atom is -0.760 e. The number of halogens is 2. The molecule has 9 nitrogen and oxygen atoms in total. The molecule has 208 valence electrons. The maximum atomic E-state index is 15.3. The highest BCUT2D eigenvalue weighted by atomic mass is 32.2. The molecule has 2 aromatic heterocycles. The van der Waals surface area contributed by atoms with Gasteiger partial charge in [-0.25, -0.2) is 24.1 Å². The zero-order valence-electron chi connectivity index (χ0n) is 21.5. The largest absolute Gasteiger partial charge is 0.760 e. The lowest BCUT2D eigenvalue weighted by Crippen LogP contribution is -2.42. The Bertz CT molecular complexity index is 1500. The third-order valence-electron chi connectivity index (χ3n) is 6.55. The first kappa shape index (κ1) is 27.7. The summed E-state index contributed by atoms with van der Waals surface area (Å²) in [6, 6.07) is 14.9. The molecule has 5 rings (SSSR count). The Kier molecular flexibility index (Phi) is 8.70. The molecular weight excluding hydrogens is 538 g/mol. The van der Waals surface area contributed by atoms with Gasteiger partial charge in [0.25, 0.3) is 0 Å². The van der Waals surface area contributed by atoms with Crippen LogP contribution in [0.25, 0.3) is 11.3 Å². The van der Waals surface area contributed by atoms with Crippen LogP contribution in [-0.4, -0.2) is 42.8 Å². The van der Waals surface area contributed by atoms with Gasteiger partial charge in [0.2, 0.25) is 17.6 Å². The Balaban J connectivity index is 1.42. The fourth-order valence-corrected chi connectivity index (χ4v) is 5.16. The van der Waals surface area contributed by atoms with Gasteiger partial charge in [0.15, 0.2) is 11.6 Å². The fraction of sp³-hybridized carbons (Fsp3) is 0.250. The van der Waals surface area contributed by atoms with Gasteiger partial charge in [-0.05, 0) is 48.7 Å². The van der Waals surface area contributed by atoms with Crippen molar-refractivity contribution in [2.45, 2.75) is 25.4 Å². The molecule has 2 unspecified atom stereocenters. The number of hydrogen-bond donors (Lipinski definition) is 3. The number of ether oxygens (including phenoxy) is 1. The van der Waals surface area contributed by atoms with Gasteiger partial charge in [-0.15, -0.1) is 0 Å². The molecule has 0 bridgehead atoms. The Morgan fingerprint density at radius 2 is 1.85 bits per heavy atom. The summed E-state index contributed by atoms with van der Waals surface area (Å²) in [5.41, 5.74) is 1.19. The second-order valence-corrected chi connectivity index (χ2v) is 10.2. The average molecular weight is 566 g/mol. The SMILES string of the molecule is C[C@H]1CNC[C@@H](Nc2nccc(-c3cccnc3Oc3ccc(C(NS(=O)[O-])c4ccccc4)c(F)c3F)n2)C1. The van der Waals surface area contributed by atoms with Gasteiger partial charge >= 0.3 is 0 Å². The number of hydrogen-bond acceptors (Lipinski definition) is 8. The summed E-state index contributed by atoms with van der Waals surface area (Å²) in [6.07, 6.45) is 4.05. The number of rotatable bonds is 9. The third kappa shape index (κ3) is 6.48. The van der Waals surface area contributed by atoms with Crippen LogP contribution in [0.15, 0.2) is 73.1 Å². The minimum atomic E-state index is -2.73. The predicted octanol–water partition coefficient (Wildman–Crippen LogP) is 4.49. The van der Waals surface area contributed by atoms with E-state index in [0.717, 1.165) is 19.5 Å². The number of pyridine rings is 1. The number of anilines is 1. The van der Waals surface area contributed by atoms with Crippen LogP contribution in [-0.2, 0) is 11.3 Å². The molecule has 1 aliphatic rings. The summed E-state index contributed by atoms with van der Waals surface area (Å²) in [6.45, 7) is 3.94. The Morgan fingerprint density at radius 3 is 2.62 bits per heavy atom. The van der Waals surface area contributed by atoms with Gasteiger partial charge in [0.05, 0.1) is 17.3 Å². The smallest absolute Gasteiger partial charge is 0.228 e. The molecule has 1 saturated heterocycles. The van der Waals surface area contributed by atoms with Crippen LogP contribution >= 0.6 is 0 Å². The monoisotopic (exact) mass is 565 g/mol. The van der Waals surface area contributed by atoms with Crippen molar-refractivity contribution >= 4 is 17.2 Å². The van der Waals surface area contributed by atoms with E-state index >= 15 is 8.78 Å². The van der Waals surface area contributed by atoms with Crippen molar-refractivity contribution in [3.05, 3.63) is 95.8 Å². The Labute approximate surface area is 232 Å². The number of aromatic nitrogens is 3. The summed E-state index contributed by atoms with van der Waals surface area (Å²) in [5, 5.41) is 6.72. The highest BCUT2D eigenvalue weighted by molar-refractivity contribution is 7.77. The molecular formula is C28H27F2N6O3S-. The summed E-state index contributed by atoms with van der Waals surface area (Å²) < 4.78 is 61.4. The van der Waals surface area contributed by atoms with E-state index in [-0.39, 0.29) is 17.5 Å². The van der Waals surface area contributed by atoms with Gasteiger partial charge in [-0.2, -0.15) is 4.39 Å². The molecule has 4 aromatic rings. The van der Waals surface area contributed by atoms with Crippen molar-refractivity contribution in [3.63, 3.8) is 0 Å². The highest BCUT2D eigenvalue weighted by Crippen LogP contribution is 2.35.